The highest BCUT2D eigenvalue weighted by Crippen LogP contribution is 2.34. The number of benzene rings is 2. The van der Waals surface area contributed by atoms with E-state index in [2.05, 4.69) is 5.32 Å². The summed E-state index contributed by atoms with van der Waals surface area (Å²) < 4.78 is 15.9. The summed E-state index contributed by atoms with van der Waals surface area (Å²) in [6, 6.07) is 13.3. The molecule has 30 heavy (non-hydrogen) atoms. The van der Waals surface area contributed by atoms with Gasteiger partial charge in [-0.2, -0.15) is 0 Å². The van der Waals surface area contributed by atoms with E-state index >= 15 is 0 Å². The van der Waals surface area contributed by atoms with Crippen LogP contribution in [-0.2, 0) is 16.1 Å². The number of fused-ring (bicyclic) bond motifs is 1. The number of hydrogen-bond donors (Lipinski definition) is 1. The van der Waals surface area contributed by atoms with E-state index in [1.54, 1.807) is 12.0 Å². The molecule has 0 bridgehead atoms. The summed E-state index contributed by atoms with van der Waals surface area (Å²) in [7, 11) is 1.61. The highest BCUT2D eigenvalue weighted by molar-refractivity contribution is 5.84. The van der Waals surface area contributed by atoms with Gasteiger partial charge in [0.2, 0.25) is 18.6 Å². The van der Waals surface area contributed by atoms with E-state index in [9.17, 15) is 9.59 Å². The van der Waals surface area contributed by atoms with Crippen LogP contribution < -0.4 is 19.5 Å². The number of nitrogens with zero attached hydrogens (tertiary/aromatic N) is 1. The molecule has 2 aromatic carbocycles. The molecule has 2 aliphatic heterocycles. The lowest BCUT2D eigenvalue weighted by Crippen LogP contribution is -2.30. The van der Waals surface area contributed by atoms with E-state index in [-0.39, 0.29) is 25.0 Å². The summed E-state index contributed by atoms with van der Waals surface area (Å²) in [6.45, 7) is 1.01. The Morgan fingerprint density at radius 2 is 2.03 bits per heavy atom. The van der Waals surface area contributed by atoms with Gasteiger partial charge in [-0.15, -0.1) is 0 Å². The predicted octanol–water partition coefficient (Wildman–Crippen LogP) is 3.09. The van der Waals surface area contributed by atoms with E-state index < -0.39 is 0 Å². The average molecular weight is 408 g/mol. The lowest BCUT2D eigenvalue weighted by atomic mass is 10.1. The van der Waals surface area contributed by atoms with Crippen LogP contribution in [0.4, 0.5) is 0 Å². The molecule has 0 aliphatic carbocycles. The number of ether oxygens (including phenoxy) is 3. The van der Waals surface area contributed by atoms with Crippen LogP contribution in [0.25, 0.3) is 6.08 Å². The van der Waals surface area contributed by atoms with Crippen molar-refractivity contribution in [2.75, 3.05) is 20.4 Å². The molecule has 0 saturated carbocycles. The van der Waals surface area contributed by atoms with Gasteiger partial charge in [0.05, 0.1) is 7.11 Å². The number of methoxy groups -OCH3 is 1. The second-order valence-electron chi connectivity index (χ2n) is 7.17. The van der Waals surface area contributed by atoms with Crippen molar-refractivity contribution in [1.82, 2.24) is 10.2 Å². The normalized spacial score (nSPS) is 16.2. The van der Waals surface area contributed by atoms with Gasteiger partial charge in [-0.1, -0.05) is 18.2 Å². The Hall–Kier alpha value is -3.48. The first kappa shape index (κ1) is 19.8. The molecule has 0 spiro atoms. The second kappa shape index (κ2) is 8.90. The summed E-state index contributed by atoms with van der Waals surface area (Å²) in [5, 5.41) is 2.90. The van der Waals surface area contributed by atoms with Crippen LogP contribution in [0.1, 0.15) is 30.4 Å². The van der Waals surface area contributed by atoms with Gasteiger partial charge in [-0.3, -0.25) is 9.59 Å². The van der Waals surface area contributed by atoms with E-state index in [1.807, 2.05) is 48.5 Å². The maximum atomic E-state index is 12.3. The topological polar surface area (TPSA) is 77.1 Å². The molecule has 0 atom stereocenters. The zero-order chi connectivity index (χ0) is 20.9. The van der Waals surface area contributed by atoms with Gasteiger partial charge in [0, 0.05) is 31.6 Å². The van der Waals surface area contributed by atoms with Gasteiger partial charge < -0.3 is 24.4 Å². The maximum Gasteiger partial charge on any atom is 0.231 e. The van der Waals surface area contributed by atoms with Gasteiger partial charge in [0.15, 0.2) is 11.5 Å². The summed E-state index contributed by atoms with van der Waals surface area (Å²) in [6.07, 6.45) is 3.34. The number of amides is 2. The minimum absolute atomic E-state index is 0.0441. The standard InChI is InChI=1S/C23H24N2O5/c1-28-19-4-2-3-17(12-19)14-24-22(26)9-10-25-18(6-8-23(25)27)11-16-5-7-20-21(13-16)30-15-29-20/h2-5,7,11-13H,6,8-10,14-15H2,1H3,(H,24,26)/b18-11+. The Bertz CT molecular complexity index is 985. The van der Waals surface area contributed by atoms with Gasteiger partial charge in [0.1, 0.15) is 5.75 Å². The minimum atomic E-state index is -0.0973. The lowest BCUT2D eigenvalue weighted by Gasteiger charge is -2.18. The van der Waals surface area contributed by atoms with Crippen LogP contribution in [0.15, 0.2) is 48.2 Å². The molecule has 2 aliphatic rings. The smallest absolute Gasteiger partial charge is 0.231 e. The van der Waals surface area contributed by atoms with Gasteiger partial charge in [-0.05, 0) is 47.9 Å². The molecule has 2 aromatic rings. The molecular formula is C23H24N2O5. The van der Waals surface area contributed by atoms with Gasteiger partial charge in [0.25, 0.3) is 0 Å². The summed E-state index contributed by atoms with van der Waals surface area (Å²) in [4.78, 5) is 26.3. The fourth-order valence-corrected chi connectivity index (χ4v) is 3.56. The molecule has 156 valence electrons. The molecule has 1 N–H and O–H groups in total. The monoisotopic (exact) mass is 408 g/mol. The van der Waals surface area contributed by atoms with E-state index in [4.69, 9.17) is 14.2 Å². The van der Waals surface area contributed by atoms with E-state index in [1.165, 1.54) is 0 Å². The van der Waals surface area contributed by atoms with Crippen molar-refractivity contribution in [2.45, 2.75) is 25.8 Å². The molecule has 7 nitrogen and oxygen atoms in total. The molecule has 0 aromatic heterocycles. The van der Waals surface area contributed by atoms with Crippen molar-refractivity contribution in [3.05, 3.63) is 59.3 Å². The number of carbonyl (C=O) groups excluding carboxylic acids is 2. The largest absolute Gasteiger partial charge is 0.497 e. The lowest BCUT2D eigenvalue weighted by molar-refractivity contribution is -0.127. The number of rotatable bonds is 7. The van der Waals surface area contributed by atoms with Crippen LogP contribution >= 0.6 is 0 Å². The molecule has 1 saturated heterocycles. The molecule has 0 unspecified atom stereocenters. The van der Waals surface area contributed by atoms with Gasteiger partial charge in [-0.25, -0.2) is 0 Å². The van der Waals surface area contributed by atoms with Crippen molar-refractivity contribution < 1.29 is 23.8 Å². The molecule has 2 amide bonds. The maximum absolute atomic E-state index is 12.3. The third-order valence-corrected chi connectivity index (χ3v) is 5.16. The van der Waals surface area contributed by atoms with Crippen LogP contribution in [0, 0.1) is 0 Å². The molecule has 4 rings (SSSR count). The average Bonchev–Trinajstić information content (AvgIpc) is 3.37. The fourth-order valence-electron chi connectivity index (χ4n) is 3.56. The Balaban J connectivity index is 1.34. The zero-order valence-electron chi connectivity index (χ0n) is 16.8. The first-order valence-corrected chi connectivity index (χ1v) is 9.92. The highest BCUT2D eigenvalue weighted by atomic mass is 16.7. The minimum Gasteiger partial charge on any atom is -0.497 e. The van der Waals surface area contributed by atoms with Crippen molar-refractivity contribution in [1.29, 1.82) is 0 Å². The zero-order valence-corrected chi connectivity index (χ0v) is 16.8. The molecular weight excluding hydrogens is 384 g/mol. The number of hydrogen-bond acceptors (Lipinski definition) is 5. The van der Waals surface area contributed by atoms with Crippen molar-refractivity contribution in [3.8, 4) is 17.2 Å². The van der Waals surface area contributed by atoms with Crippen LogP contribution in [0.2, 0.25) is 0 Å². The van der Waals surface area contributed by atoms with Crippen LogP contribution in [0.5, 0.6) is 17.2 Å². The quantitative estimate of drug-likeness (QED) is 0.762. The second-order valence-corrected chi connectivity index (χ2v) is 7.17. The SMILES string of the molecule is COc1cccc(CNC(=O)CCN2C(=O)CC/C2=C\c2ccc3c(c2)OCO3)c1. The molecule has 7 heteroatoms. The fraction of sp³-hybridized carbons (Fsp3) is 0.304. The van der Waals surface area contributed by atoms with E-state index in [0.717, 1.165) is 28.3 Å². The van der Waals surface area contributed by atoms with Crippen LogP contribution in [0.3, 0.4) is 0 Å². The third-order valence-electron chi connectivity index (χ3n) is 5.16. The van der Waals surface area contributed by atoms with Gasteiger partial charge >= 0.3 is 0 Å². The first-order valence-electron chi connectivity index (χ1n) is 9.92. The van der Waals surface area contributed by atoms with Crippen molar-refractivity contribution >= 4 is 17.9 Å². The number of carbonyl (C=O) groups is 2. The first-order chi connectivity index (χ1) is 14.6. The molecule has 0 radical (unpaired) electrons. The number of allylic oxidation sites excluding steroid dienone is 1. The molecule has 1 fully saturated rings. The Morgan fingerprint density at radius 3 is 2.90 bits per heavy atom. The van der Waals surface area contributed by atoms with Crippen molar-refractivity contribution in [2.24, 2.45) is 0 Å². The predicted molar refractivity (Wildman–Crippen MR) is 111 cm³/mol. The Morgan fingerprint density at radius 1 is 1.17 bits per heavy atom. The summed E-state index contributed by atoms with van der Waals surface area (Å²) >= 11 is 0. The summed E-state index contributed by atoms with van der Waals surface area (Å²) in [5.41, 5.74) is 2.82. The Labute approximate surface area is 175 Å². The van der Waals surface area contributed by atoms with Crippen molar-refractivity contribution in [3.63, 3.8) is 0 Å². The van der Waals surface area contributed by atoms with Crippen LogP contribution in [-0.4, -0.2) is 37.2 Å². The van der Waals surface area contributed by atoms with E-state index in [0.29, 0.717) is 31.7 Å². The highest BCUT2D eigenvalue weighted by Gasteiger charge is 2.26. The number of nitrogens with one attached hydrogen (secondary N) is 1. The summed E-state index contributed by atoms with van der Waals surface area (Å²) in [5.74, 6) is 2.13. The number of likely N-dealkylation sites (tertiary alicyclic amines) is 1. The molecule has 2 heterocycles. The third kappa shape index (κ3) is 4.56. The Kier molecular flexibility index (Phi) is 5.88.